The first-order valence-corrected chi connectivity index (χ1v) is 11.5. The summed E-state index contributed by atoms with van der Waals surface area (Å²) in [5.74, 6) is 1.14. The Morgan fingerprint density at radius 3 is 2.62 bits per heavy atom. The zero-order valence-electron chi connectivity index (χ0n) is 18.8. The SMILES string of the molecule is COc1ccc(OC)c(NC(=O)CSc2nnc3c4cc(-c5ccc(C)cc5)nn4ccn23)c1. The standard InChI is InChI=1S/C24H22N6O3S/c1-15-4-6-16(7-5-15)18-13-20-23-26-27-24(29(23)10-11-30(20)28-18)34-14-22(31)25-19-12-17(32-2)8-9-21(19)33-3/h4-13H,14H2,1-3H3,(H,25,31). The van der Waals surface area contributed by atoms with Crippen LogP contribution in [0.4, 0.5) is 5.69 Å². The van der Waals surface area contributed by atoms with E-state index in [4.69, 9.17) is 9.47 Å². The van der Waals surface area contributed by atoms with Crippen molar-refractivity contribution >= 4 is 34.5 Å². The van der Waals surface area contributed by atoms with Crippen molar-refractivity contribution in [3.63, 3.8) is 0 Å². The van der Waals surface area contributed by atoms with Gasteiger partial charge in [-0.25, -0.2) is 4.52 Å². The minimum absolute atomic E-state index is 0.153. The number of nitrogens with one attached hydrogen (secondary N) is 1. The molecular weight excluding hydrogens is 452 g/mol. The van der Waals surface area contributed by atoms with Gasteiger partial charge in [-0.2, -0.15) is 5.10 Å². The van der Waals surface area contributed by atoms with Gasteiger partial charge in [0.2, 0.25) is 5.91 Å². The fraction of sp³-hybridized carbons (Fsp3) is 0.167. The molecule has 5 rings (SSSR count). The van der Waals surface area contributed by atoms with Gasteiger partial charge in [0.05, 0.1) is 31.4 Å². The van der Waals surface area contributed by atoms with E-state index in [9.17, 15) is 4.79 Å². The molecule has 3 heterocycles. The fourth-order valence-corrected chi connectivity index (χ4v) is 4.30. The van der Waals surface area contributed by atoms with E-state index >= 15 is 0 Å². The summed E-state index contributed by atoms with van der Waals surface area (Å²) in [6, 6.07) is 15.5. The zero-order valence-corrected chi connectivity index (χ0v) is 19.7. The first-order chi connectivity index (χ1) is 16.6. The lowest BCUT2D eigenvalue weighted by Crippen LogP contribution is -2.15. The van der Waals surface area contributed by atoms with E-state index in [1.54, 1.807) is 36.9 Å². The number of ether oxygens (including phenoxy) is 2. The first-order valence-electron chi connectivity index (χ1n) is 10.5. The van der Waals surface area contributed by atoms with Crippen LogP contribution < -0.4 is 14.8 Å². The summed E-state index contributed by atoms with van der Waals surface area (Å²) in [4.78, 5) is 12.6. The predicted molar refractivity (Wildman–Crippen MR) is 131 cm³/mol. The zero-order chi connectivity index (χ0) is 23.7. The molecule has 34 heavy (non-hydrogen) atoms. The molecule has 3 aromatic heterocycles. The quantitative estimate of drug-likeness (QED) is 0.355. The number of hydrogen-bond acceptors (Lipinski definition) is 7. The number of fused-ring (bicyclic) bond motifs is 3. The van der Waals surface area contributed by atoms with E-state index in [0.717, 1.165) is 16.8 Å². The van der Waals surface area contributed by atoms with Crippen molar-refractivity contribution < 1.29 is 14.3 Å². The third kappa shape index (κ3) is 4.15. The Hall–Kier alpha value is -4.05. The van der Waals surface area contributed by atoms with Crippen LogP contribution >= 0.6 is 11.8 Å². The molecular formula is C24H22N6O3S. The van der Waals surface area contributed by atoms with Crippen LogP contribution in [0.3, 0.4) is 0 Å². The van der Waals surface area contributed by atoms with E-state index in [1.165, 1.54) is 17.3 Å². The molecule has 0 saturated carbocycles. The Morgan fingerprint density at radius 1 is 1.03 bits per heavy atom. The number of carbonyl (C=O) groups excluding carboxylic acids is 1. The molecule has 0 unspecified atom stereocenters. The number of benzene rings is 2. The first kappa shape index (κ1) is 21.8. The number of nitrogens with zero attached hydrogens (tertiary/aromatic N) is 5. The van der Waals surface area contributed by atoms with E-state index in [0.29, 0.717) is 28.0 Å². The normalized spacial score (nSPS) is 11.1. The minimum atomic E-state index is -0.194. The van der Waals surface area contributed by atoms with Gasteiger partial charge < -0.3 is 14.8 Å². The Morgan fingerprint density at radius 2 is 1.85 bits per heavy atom. The average molecular weight is 475 g/mol. The number of hydrogen-bond donors (Lipinski definition) is 1. The molecule has 5 aromatic rings. The Bertz CT molecular complexity index is 1490. The molecule has 0 bridgehead atoms. The molecule has 1 N–H and O–H groups in total. The lowest BCUT2D eigenvalue weighted by atomic mass is 10.1. The highest BCUT2D eigenvalue weighted by molar-refractivity contribution is 7.99. The number of rotatable bonds is 7. The van der Waals surface area contributed by atoms with Crippen LogP contribution in [0.1, 0.15) is 5.56 Å². The molecule has 10 heteroatoms. The molecule has 0 aliphatic heterocycles. The number of thioether (sulfide) groups is 1. The van der Waals surface area contributed by atoms with Gasteiger partial charge in [0.15, 0.2) is 10.8 Å². The third-order valence-corrected chi connectivity index (χ3v) is 6.29. The Kier molecular flexibility index (Phi) is 5.81. The van der Waals surface area contributed by atoms with Crippen LogP contribution in [0.15, 0.2) is 66.1 Å². The van der Waals surface area contributed by atoms with Gasteiger partial charge in [-0.15, -0.1) is 10.2 Å². The molecule has 2 aromatic carbocycles. The molecule has 0 spiro atoms. The van der Waals surface area contributed by atoms with Crippen molar-refractivity contribution in [2.24, 2.45) is 0 Å². The van der Waals surface area contributed by atoms with Crippen LogP contribution in [0.25, 0.3) is 22.4 Å². The number of aromatic nitrogens is 5. The summed E-state index contributed by atoms with van der Waals surface area (Å²) in [5, 5.41) is 16.8. The van der Waals surface area contributed by atoms with Gasteiger partial charge in [-0.3, -0.25) is 9.20 Å². The van der Waals surface area contributed by atoms with Gasteiger partial charge in [0, 0.05) is 24.0 Å². The van der Waals surface area contributed by atoms with Gasteiger partial charge in [0.25, 0.3) is 0 Å². The predicted octanol–water partition coefficient (Wildman–Crippen LogP) is 4.10. The maximum absolute atomic E-state index is 12.6. The molecule has 0 fully saturated rings. The van der Waals surface area contributed by atoms with Gasteiger partial charge in [0.1, 0.15) is 17.0 Å². The second-order valence-corrected chi connectivity index (χ2v) is 8.55. The Balaban J connectivity index is 1.35. The molecule has 0 aliphatic rings. The van der Waals surface area contributed by atoms with E-state index in [2.05, 4.69) is 51.8 Å². The highest BCUT2D eigenvalue weighted by atomic mass is 32.2. The molecule has 9 nitrogen and oxygen atoms in total. The number of carbonyl (C=O) groups is 1. The highest BCUT2D eigenvalue weighted by Gasteiger charge is 2.15. The lowest BCUT2D eigenvalue weighted by molar-refractivity contribution is -0.113. The van der Waals surface area contributed by atoms with Gasteiger partial charge >= 0.3 is 0 Å². The number of aryl methyl sites for hydroxylation is 1. The molecule has 172 valence electrons. The van der Waals surface area contributed by atoms with E-state index in [1.807, 2.05) is 22.9 Å². The van der Waals surface area contributed by atoms with E-state index in [-0.39, 0.29) is 11.7 Å². The number of anilines is 1. The number of amides is 1. The van der Waals surface area contributed by atoms with Crippen molar-refractivity contribution in [3.05, 3.63) is 66.5 Å². The van der Waals surface area contributed by atoms with Crippen molar-refractivity contribution in [3.8, 4) is 22.8 Å². The second-order valence-electron chi connectivity index (χ2n) is 7.60. The number of methoxy groups -OCH3 is 2. The van der Waals surface area contributed by atoms with Crippen LogP contribution in [-0.4, -0.2) is 50.1 Å². The van der Waals surface area contributed by atoms with Crippen LogP contribution in [0.5, 0.6) is 11.5 Å². The maximum atomic E-state index is 12.6. The molecule has 1 amide bonds. The van der Waals surface area contributed by atoms with Crippen molar-refractivity contribution in [1.29, 1.82) is 0 Å². The largest absolute Gasteiger partial charge is 0.497 e. The van der Waals surface area contributed by atoms with Crippen molar-refractivity contribution in [1.82, 2.24) is 24.2 Å². The molecule has 0 aliphatic carbocycles. The summed E-state index contributed by atoms with van der Waals surface area (Å²) in [5.41, 5.74) is 5.14. The van der Waals surface area contributed by atoms with Crippen molar-refractivity contribution in [2.45, 2.75) is 12.1 Å². The highest BCUT2D eigenvalue weighted by Crippen LogP contribution is 2.29. The fourth-order valence-electron chi connectivity index (χ4n) is 3.58. The summed E-state index contributed by atoms with van der Waals surface area (Å²) < 4.78 is 14.2. The topological polar surface area (TPSA) is 95.0 Å². The van der Waals surface area contributed by atoms with Gasteiger partial charge in [-0.1, -0.05) is 41.6 Å². The molecule has 0 radical (unpaired) electrons. The van der Waals surface area contributed by atoms with Gasteiger partial charge in [-0.05, 0) is 25.1 Å². The van der Waals surface area contributed by atoms with Crippen LogP contribution in [-0.2, 0) is 4.79 Å². The molecule has 0 atom stereocenters. The third-order valence-electron chi connectivity index (χ3n) is 5.35. The van der Waals surface area contributed by atoms with Crippen LogP contribution in [0, 0.1) is 6.92 Å². The monoisotopic (exact) mass is 474 g/mol. The molecule has 0 saturated heterocycles. The summed E-state index contributed by atoms with van der Waals surface area (Å²) in [7, 11) is 3.12. The maximum Gasteiger partial charge on any atom is 0.234 e. The lowest BCUT2D eigenvalue weighted by Gasteiger charge is -2.11. The van der Waals surface area contributed by atoms with Crippen molar-refractivity contribution in [2.75, 3.05) is 25.3 Å². The minimum Gasteiger partial charge on any atom is -0.497 e. The average Bonchev–Trinajstić information content (AvgIpc) is 3.47. The second kappa shape index (κ2) is 9.06. The van der Waals surface area contributed by atoms with Crippen LogP contribution in [0.2, 0.25) is 0 Å². The smallest absolute Gasteiger partial charge is 0.234 e. The summed E-state index contributed by atoms with van der Waals surface area (Å²) >= 11 is 1.30. The van der Waals surface area contributed by atoms with E-state index < -0.39 is 0 Å². The summed E-state index contributed by atoms with van der Waals surface area (Å²) in [6.07, 6.45) is 3.70. The summed E-state index contributed by atoms with van der Waals surface area (Å²) in [6.45, 7) is 2.06. The Labute approximate surface area is 199 Å².